The molecule has 0 aliphatic rings. The van der Waals surface area contributed by atoms with Gasteiger partial charge < -0.3 is 20.6 Å². The van der Waals surface area contributed by atoms with E-state index in [2.05, 4.69) is 26.1 Å². The smallest absolute Gasteiger partial charge is 0.122 e. The quantitative estimate of drug-likeness (QED) is 0.556. The van der Waals surface area contributed by atoms with Gasteiger partial charge in [-0.1, -0.05) is 38.5 Å². The van der Waals surface area contributed by atoms with Crippen LogP contribution in [-0.4, -0.2) is 41.1 Å². The van der Waals surface area contributed by atoms with E-state index in [0.717, 1.165) is 29.7 Å². The first-order chi connectivity index (χ1) is 10.3. The summed E-state index contributed by atoms with van der Waals surface area (Å²) in [5, 5.41) is 32.5. The molecule has 0 aliphatic heterocycles. The zero-order chi connectivity index (χ0) is 16.8. The van der Waals surface area contributed by atoms with Crippen LogP contribution in [0.2, 0.25) is 0 Å². The van der Waals surface area contributed by atoms with Gasteiger partial charge >= 0.3 is 0 Å². The SMILES string of the molecule is Cc1cc(CC(O)CCNCCCO)c(O)c(C(C)(C)C)c1. The second-order valence-electron chi connectivity index (χ2n) is 7.04. The van der Waals surface area contributed by atoms with Crippen LogP contribution in [0.1, 0.15) is 50.3 Å². The van der Waals surface area contributed by atoms with E-state index >= 15 is 0 Å². The first kappa shape index (κ1) is 18.9. The highest BCUT2D eigenvalue weighted by Crippen LogP contribution is 2.35. The minimum Gasteiger partial charge on any atom is -0.507 e. The summed E-state index contributed by atoms with van der Waals surface area (Å²) < 4.78 is 0. The molecule has 1 aromatic carbocycles. The number of aliphatic hydroxyl groups is 2. The Kier molecular flexibility index (Phi) is 7.33. The van der Waals surface area contributed by atoms with E-state index in [0.29, 0.717) is 25.1 Å². The van der Waals surface area contributed by atoms with Crippen molar-refractivity contribution < 1.29 is 15.3 Å². The lowest BCUT2D eigenvalue weighted by Gasteiger charge is -2.23. The van der Waals surface area contributed by atoms with Crippen LogP contribution >= 0.6 is 0 Å². The summed E-state index contributed by atoms with van der Waals surface area (Å²) >= 11 is 0. The maximum Gasteiger partial charge on any atom is 0.122 e. The van der Waals surface area contributed by atoms with Crippen LogP contribution in [0.15, 0.2) is 12.1 Å². The van der Waals surface area contributed by atoms with Crippen molar-refractivity contribution in [2.24, 2.45) is 0 Å². The fraction of sp³-hybridized carbons (Fsp3) is 0.667. The molecule has 0 fully saturated rings. The fourth-order valence-electron chi connectivity index (χ4n) is 2.53. The van der Waals surface area contributed by atoms with Gasteiger partial charge in [-0.25, -0.2) is 0 Å². The Hall–Kier alpha value is -1.10. The van der Waals surface area contributed by atoms with Crippen molar-refractivity contribution in [3.8, 4) is 5.75 Å². The summed E-state index contributed by atoms with van der Waals surface area (Å²) in [5.41, 5.74) is 2.72. The van der Waals surface area contributed by atoms with Crippen molar-refractivity contribution in [3.63, 3.8) is 0 Å². The van der Waals surface area contributed by atoms with E-state index < -0.39 is 6.10 Å². The highest BCUT2D eigenvalue weighted by molar-refractivity contribution is 5.47. The van der Waals surface area contributed by atoms with Crippen molar-refractivity contribution in [3.05, 3.63) is 28.8 Å². The van der Waals surface area contributed by atoms with E-state index in [1.807, 2.05) is 19.1 Å². The van der Waals surface area contributed by atoms with Crippen molar-refractivity contribution in [1.82, 2.24) is 5.32 Å². The number of phenolic OH excluding ortho intramolecular Hbond substituents is 1. The molecule has 0 saturated heterocycles. The predicted molar refractivity (Wildman–Crippen MR) is 90.4 cm³/mol. The summed E-state index contributed by atoms with van der Waals surface area (Å²) in [4.78, 5) is 0. The first-order valence-electron chi connectivity index (χ1n) is 8.08. The molecule has 0 bridgehead atoms. The molecule has 22 heavy (non-hydrogen) atoms. The van der Waals surface area contributed by atoms with Gasteiger partial charge in [-0.3, -0.25) is 0 Å². The second kappa shape index (κ2) is 8.51. The van der Waals surface area contributed by atoms with E-state index in [-0.39, 0.29) is 12.0 Å². The van der Waals surface area contributed by atoms with Gasteiger partial charge in [-0.2, -0.15) is 0 Å². The zero-order valence-electron chi connectivity index (χ0n) is 14.3. The number of aromatic hydroxyl groups is 1. The van der Waals surface area contributed by atoms with Gasteiger partial charge in [0.2, 0.25) is 0 Å². The van der Waals surface area contributed by atoms with Crippen molar-refractivity contribution in [2.45, 2.75) is 58.5 Å². The number of benzene rings is 1. The summed E-state index contributed by atoms with van der Waals surface area (Å²) in [6, 6.07) is 3.97. The minimum absolute atomic E-state index is 0.123. The third-order valence-corrected chi connectivity index (χ3v) is 3.76. The topological polar surface area (TPSA) is 72.7 Å². The molecule has 1 aromatic rings. The molecule has 0 radical (unpaired) electrons. The summed E-state index contributed by atoms with van der Waals surface area (Å²) in [7, 11) is 0. The largest absolute Gasteiger partial charge is 0.507 e. The Morgan fingerprint density at radius 3 is 2.45 bits per heavy atom. The maximum absolute atomic E-state index is 10.5. The predicted octanol–water partition coefficient (Wildman–Crippen LogP) is 2.26. The molecule has 0 amide bonds. The summed E-state index contributed by atoms with van der Waals surface area (Å²) in [6.07, 6.45) is 1.33. The van der Waals surface area contributed by atoms with Gasteiger partial charge in [0.25, 0.3) is 0 Å². The Bertz CT molecular complexity index is 466. The average Bonchev–Trinajstić information content (AvgIpc) is 2.41. The monoisotopic (exact) mass is 309 g/mol. The van der Waals surface area contributed by atoms with Gasteiger partial charge in [-0.15, -0.1) is 0 Å². The number of hydrogen-bond acceptors (Lipinski definition) is 4. The Balaban J connectivity index is 2.67. The van der Waals surface area contributed by atoms with Gasteiger partial charge in [0.1, 0.15) is 5.75 Å². The van der Waals surface area contributed by atoms with Crippen LogP contribution in [0, 0.1) is 6.92 Å². The third kappa shape index (κ3) is 5.95. The number of hydrogen-bond donors (Lipinski definition) is 4. The third-order valence-electron chi connectivity index (χ3n) is 3.76. The van der Waals surface area contributed by atoms with Crippen molar-refractivity contribution in [1.29, 1.82) is 0 Å². The second-order valence-corrected chi connectivity index (χ2v) is 7.04. The molecule has 0 saturated carbocycles. The molecule has 0 aliphatic carbocycles. The molecule has 1 unspecified atom stereocenters. The zero-order valence-corrected chi connectivity index (χ0v) is 14.3. The number of rotatable bonds is 8. The number of aryl methyl sites for hydroxylation is 1. The lowest BCUT2D eigenvalue weighted by Crippen LogP contribution is -2.23. The van der Waals surface area contributed by atoms with Crippen LogP contribution in [0.5, 0.6) is 5.75 Å². The fourth-order valence-corrected chi connectivity index (χ4v) is 2.53. The Labute approximate surface area is 134 Å². The highest BCUT2D eigenvalue weighted by Gasteiger charge is 2.21. The molecular weight excluding hydrogens is 278 g/mol. The Morgan fingerprint density at radius 1 is 1.18 bits per heavy atom. The number of nitrogens with one attached hydrogen (secondary N) is 1. The molecule has 4 heteroatoms. The first-order valence-corrected chi connectivity index (χ1v) is 8.08. The normalized spacial score (nSPS) is 13.4. The summed E-state index contributed by atoms with van der Waals surface area (Å²) in [6.45, 7) is 9.89. The molecule has 126 valence electrons. The molecule has 4 nitrogen and oxygen atoms in total. The number of phenols is 1. The number of aliphatic hydroxyl groups excluding tert-OH is 2. The van der Waals surface area contributed by atoms with Crippen LogP contribution in [-0.2, 0) is 11.8 Å². The average molecular weight is 309 g/mol. The van der Waals surface area contributed by atoms with Crippen LogP contribution in [0.25, 0.3) is 0 Å². The van der Waals surface area contributed by atoms with E-state index in [1.165, 1.54) is 0 Å². The van der Waals surface area contributed by atoms with Gasteiger partial charge in [0.15, 0.2) is 0 Å². The van der Waals surface area contributed by atoms with Gasteiger partial charge in [0, 0.05) is 13.0 Å². The molecule has 4 N–H and O–H groups in total. The highest BCUT2D eigenvalue weighted by atomic mass is 16.3. The summed E-state index contributed by atoms with van der Waals surface area (Å²) in [5.74, 6) is 0.311. The van der Waals surface area contributed by atoms with Crippen LogP contribution in [0.3, 0.4) is 0 Å². The van der Waals surface area contributed by atoms with E-state index in [1.54, 1.807) is 0 Å². The molecule has 0 heterocycles. The van der Waals surface area contributed by atoms with Crippen LogP contribution < -0.4 is 5.32 Å². The molecular formula is C18H31NO3. The molecule has 1 rings (SSSR count). The molecule has 0 aromatic heterocycles. The van der Waals surface area contributed by atoms with E-state index in [9.17, 15) is 10.2 Å². The lowest BCUT2D eigenvalue weighted by atomic mass is 9.83. The minimum atomic E-state index is -0.484. The molecule has 1 atom stereocenters. The lowest BCUT2D eigenvalue weighted by molar-refractivity contribution is 0.163. The van der Waals surface area contributed by atoms with Crippen molar-refractivity contribution >= 4 is 0 Å². The standard InChI is InChI=1S/C18H31NO3/c1-13-10-14(17(22)16(11-13)18(2,3)4)12-15(21)6-8-19-7-5-9-20/h10-11,15,19-22H,5-9,12H2,1-4H3. The van der Waals surface area contributed by atoms with Gasteiger partial charge in [-0.05, 0) is 49.4 Å². The van der Waals surface area contributed by atoms with Gasteiger partial charge in [0.05, 0.1) is 6.10 Å². The van der Waals surface area contributed by atoms with Crippen molar-refractivity contribution in [2.75, 3.05) is 19.7 Å². The maximum atomic E-state index is 10.5. The van der Waals surface area contributed by atoms with E-state index in [4.69, 9.17) is 5.11 Å². The Morgan fingerprint density at radius 2 is 1.86 bits per heavy atom. The van der Waals surface area contributed by atoms with Crippen LogP contribution in [0.4, 0.5) is 0 Å². The molecule has 0 spiro atoms.